The lowest BCUT2D eigenvalue weighted by molar-refractivity contribution is -0.135. The molecule has 0 bridgehead atoms. The number of anilines is 1. The fourth-order valence-electron chi connectivity index (χ4n) is 6.56. The van der Waals surface area contributed by atoms with Crippen LogP contribution in [0.15, 0.2) is 18.2 Å². The lowest BCUT2D eigenvalue weighted by Crippen LogP contribution is -2.67. The maximum atomic E-state index is 14.3. The van der Waals surface area contributed by atoms with E-state index in [1.807, 2.05) is 41.5 Å². The lowest BCUT2D eigenvalue weighted by atomic mass is 9.91. The van der Waals surface area contributed by atoms with E-state index in [-0.39, 0.29) is 29.8 Å². The van der Waals surface area contributed by atoms with Crippen molar-refractivity contribution in [3.05, 3.63) is 29.5 Å². The van der Waals surface area contributed by atoms with Gasteiger partial charge in [0.15, 0.2) is 0 Å². The van der Waals surface area contributed by atoms with Gasteiger partial charge in [0.2, 0.25) is 11.8 Å². The molecular formula is C28H38N4O3. The number of benzene rings is 1. The first kappa shape index (κ1) is 23.9. The highest BCUT2D eigenvalue weighted by Gasteiger charge is 2.52. The summed E-state index contributed by atoms with van der Waals surface area (Å²) in [6.07, 6.45) is 10.7. The van der Waals surface area contributed by atoms with Crippen molar-refractivity contribution >= 4 is 34.3 Å². The molecule has 188 valence electrons. The molecule has 1 aromatic heterocycles. The molecular weight excluding hydrogens is 440 g/mol. The van der Waals surface area contributed by atoms with Crippen molar-refractivity contribution in [3.63, 3.8) is 0 Å². The summed E-state index contributed by atoms with van der Waals surface area (Å²) < 4.78 is 1.97. The van der Waals surface area contributed by atoms with Crippen molar-refractivity contribution in [2.24, 2.45) is 0 Å². The van der Waals surface area contributed by atoms with Gasteiger partial charge in [-0.05, 0) is 51.7 Å². The van der Waals surface area contributed by atoms with E-state index in [9.17, 15) is 14.4 Å². The average Bonchev–Trinajstić information content (AvgIpc) is 3.33. The van der Waals surface area contributed by atoms with Crippen molar-refractivity contribution in [2.45, 2.75) is 109 Å². The van der Waals surface area contributed by atoms with Gasteiger partial charge < -0.3 is 20.1 Å². The number of aryl methyl sites for hydroxylation is 1. The van der Waals surface area contributed by atoms with E-state index in [0.29, 0.717) is 17.9 Å². The van der Waals surface area contributed by atoms with E-state index >= 15 is 0 Å². The summed E-state index contributed by atoms with van der Waals surface area (Å²) >= 11 is 0. The van der Waals surface area contributed by atoms with Crippen LogP contribution in [0.25, 0.3) is 10.9 Å². The fourth-order valence-corrected chi connectivity index (χ4v) is 6.56. The van der Waals surface area contributed by atoms with Gasteiger partial charge in [-0.15, -0.1) is 0 Å². The number of hydrogen-bond donors (Lipinski definition) is 2. The molecule has 1 aliphatic heterocycles. The summed E-state index contributed by atoms with van der Waals surface area (Å²) in [7, 11) is 0. The van der Waals surface area contributed by atoms with Gasteiger partial charge in [0.25, 0.3) is 5.91 Å². The second-order valence-corrected chi connectivity index (χ2v) is 11.1. The molecule has 35 heavy (non-hydrogen) atoms. The SMILES string of the molecule is CC(=O)Nc1c2n(c3ccc(C)cc13)C[C@](C)(C(=O)NC1CCCCCC1)N(C1CCCC1)C2=O. The van der Waals surface area contributed by atoms with E-state index in [2.05, 4.69) is 10.6 Å². The van der Waals surface area contributed by atoms with Gasteiger partial charge >= 0.3 is 0 Å². The highest BCUT2D eigenvalue weighted by atomic mass is 16.2. The molecule has 2 N–H and O–H groups in total. The molecule has 1 atom stereocenters. The maximum Gasteiger partial charge on any atom is 0.273 e. The lowest BCUT2D eigenvalue weighted by Gasteiger charge is -2.47. The molecule has 2 heterocycles. The monoisotopic (exact) mass is 478 g/mol. The Kier molecular flexibility index (Phi) is 6.36. The Morgan fingerprint density at radius 3 is 2.31 bits per heavy atom. The summed E-state index contributed by atoms with van der Waals surface area (Å²) in [4.78, 5) is 42.3. The molecule has 0 spiro atoms. The standard InChI is InChI=1S/C28H38N4O3/c1-18-14-15-23-22(16-18)24(29-19(2)33)25-26(34)32(21-12-8-9-13-21)28(3,17-31(23)25)27(35)30-20-10-6-4-5-7-11-20/h14-16,20-21H,4-13,17H2,1-3H3,(H,29,33)(H,30,35)/t28-/m1/s1. The molecule has 2 aliphatic carbocycles. The molecule has 3 aliphatic rings. The number of rotatable bonds is 4. The predicted molar refractivity (Wildman–Crippen MR) is 137 cm³/mol. The topological polar surface area (TPSA) is 83.4 Å². The van der Waals surface area contributed by atoms with Crippen LogP contribution in [0.2, 0.25) is 0 Å². The molecule has 2 aromatic rings. The summed E-state index contributed by atoms with van der Waals surface area (Å²) in [5.74, 6) is -0.411. The van der Waals surface area contributed by atoms with E-state index in [0.717, 1.165) is 67.8 Å². The Hall–Kier alpha value is -2.83. The number of carbonyl (C=O) groups is 3. The zero-order valence-electron chi connectivity index (χ0n) is 21.3. The minimum absolute atomic E-state index is 0.0334. The van der Waals surface area contributed by atoms with Gasteiger partial charge in [-0.3, -0.25) is 14.4 Å². The number of hydrogen-bond acceptors (Lipinski definition) is 3. The molecule has 5 rings (SSSR count). The van der Waals surface area contributed by atoms with Crippen molar-refractivity contribution < 1.29 is 14.4 Å². The normalized spacial score (nSPS) is 23.9. The van der Waals surface area contributed by atoms with Crippen LogP contribution >= 0.6 is 0 Å². The van der Waals surface area contributed by atoms with E-state index < -0.39 is 5.54 Å². The third-order valence-corrected chi connectivity index (χ3v) is 8.31. The Labute approximate surface area is 207 Å². The molecule has 0 unspecified atom stereocenters. The van der Waals surface area contributed by atoms with Gasteiger partial charge in [-0.2, -0.15) is 0 Å². The molecule has 7 nitrogen and oxygen atoms in total. The first-order valence-electron chi connectivity index (χ1n) is 13.3. The van der Waals surface area contributed by atoms with Crippen molar-refractivity contribution in [1.82, 2.24) is 14.8 Å². The molecule has 2 saturated carbocycles. The molecule has 0 radical (unpaired) electrons. The third kappa shape index (κ3) is 4.23. The van der Waals surface area contributed by atoms with Crippen LogP contribution in [-0.4, -0.2) is 44.8 Å². The fraction of sp³-hybridized carbons (Fsp3) is 0.607. The van der Waals surface area contributed by atoms with Crippen LogP contribution in [0.5, 0.6) is 0 Å². The van der Waals surface area contributed by atoms with Crippen molar-refractivity contribution in [1.29, 1.82) is 0 Å². The van der Waals surface area contributed by atoms with Gasteiger partial charge in [0.1, 0.15) is 11.2 Å². The van der Waals surface area contributed by atoms with Crippen molar-refractivity contribution in [2.75, 3.05) is 5.32 Å². The molecule has 2 fully saturated rings. The number of amides is 3. The second kappa shape index (κ2) is 9.32. The Morgan fingerprint density at radius 2 is 1.66 bits per heavy atom. The number of fused-ring (bicyclic) bond motifs is 3. The largest absolute Gasteiger partial charge is 0.351 e. The van der Waals surface area contributed by atoms with Crippen LogP contribution in [0, 0.1) is 6.92 Å². The molecule has 3 amide bonds. The van der Waals surface area contributed by atoms with Gasteiger partial charge in [0.05, 0.1) is 17.7 Å². The average molecular weight is 479 g/mol. The van der Waals surface area contributed by atoms with E-state index in [4.69, 9.17) is 0 Å². The van der Waals surface area contributed by atoms with Crippen molar-refractivity contribution in [3.8, 4) is 0 Å². The molecule has 7 heteroatoms. The summed E-state index contributed by atoms with van der Waals surface area (Å²) in [6.45, 7) is 5.79. The number of aromatic nitrogens is 1. The predicted octanol–water partition coefficient (Wildman–Crippen LogP) is 4.90. The van der Waals surface area contributed by atoms with Gasteiger partial charge in [-0.25, -0.2) is 0 Å². The van der Waals surface area contributed by atoms with Crippen LogP contribution < -0.4 is 10.6 Å². The van der Waals surface area contributed by atoms with Gasteiger partial charge in [-0.1, -0.05) is 50.2 Å². The van der Waals surface area contributed by atoms with Gasteiger partial charge in [0, 0.05) is 24.4 Å². The van der Waals surface area contributed by atoms with Crippen LogP contribution in [0.3, 0.4) is 0 Å². The third-order valence-electron chi connectivity index (χ3n) is 8.31. The Balaban J connectivity index is 1.61. The summed E-state index contributed by atoms with van der Waals surface area (Å²) in [5, 5.41) is 7.15. The smallest absolute Gasteiger partial charge is 0.273 e. The van der Waals surface area contributed by atoms with E-state index in [1.54, 1.807) is 0 Å². The number of nitrogens with zero attached hydrogens (tertiary/aromatic N) is 2. The first-order valence-corrected chi connectivity index (χ1v) is 13.3. The van der Waals surface area contributed by atoms with Crippen LogP contribution in [-0.2, 0) is 16.1 Å². The highest BCUT2D eigenvalue weighted by Crippen LogP contribution is 2.42. The maximum absolute atomic E-state index is 14.3. The quantitative estimate of drug-likeness (QED) is 0.613. The molecule has 1 aromatic carbocycles. The zero-order chi connectivity index (χ0) is 24.7. The summed E-state index contributed by atoms with van der Waals surface area (Å²) in [5.41, 5.74) is 2.00. The minimum atomic E-state index is -0.990. The highest BCUT2D eigenvalue weighted by molar-refractivity contribution is 6.14. The van der Waals surface area contributed by atoms with Crippen LogP contribution in [0.4, 0.5) is 5.69 Å². The summed E-state index contributed by atoms with van der Waals surface area (Å²) in [6, 6.07) is 6.24. The zero-order valence-corrected chi connectivity index (χ0v) is 21.3. The van der Waals surface area contributed by atoms with E-state index in [1.165, 1.54) is 19.8 Å². The second-order valence-electron chi connectivity index (χ2n) is 11.1. The molecule has 0 saturated heterocycles. The Morgan fingerprint density at radius 1 is 1.00 bits per heavy atom. The first-order chi connectivity index (χ1) is 16.8. The van der Waals surface area contributed by atoms with Crippen LogP contribution in [0.1, 0.15) is 94.1 Å². The number of carbonyl (C=O) groups excluding carboxylic acids is 3. The Bertz CT molecular complexity index is 1150. The minimum Gasteiger partial charge on any atom is -0.351 e. The number of nitrogens with one attached hydrogen (secondary N) is 2.